The Kier molecular flexibility index (Phi) is 5.96. The average Bonchev–Trinajstić information content (AvgIpc) is 3.17. The van der Waals surface area contributed by atoms with E-state index >= 15 is 0 Å². The van der Waals surface area contributed by atoms with Gasteiger partial charge in [-0.2, -0.15) is 0 Å². The molecule has 1 saturated heterocycles. The third kappa shape index (κ3) is 4.45. The Balaban J connectivity index is 1.61. The molecule has 0 bridgehead atoms. The van der Waals surface area contributed by atoms with E-state index in [0.717, 1.165) is 18.8 Å². The molecule has 2 aromatic carbocycles. The minimum atomic E-state index is -0.379. The molecule has 0 saturated carbocycles. The summed E-state index contributed by atoms with van der Waals surface area (Å²) in [7, 11) is 1.50. The fourth-order valence-electron chi connectivity index (χ4n) is 2.92. The van der Waals surface area contributed by atoms with Crippen LogP contribution in [0.1, 0.15) is 23.2 Å². The summed E-state index contributed by atoms with van der Waals surface area (Å²) in [5.74, 6) is 0.0557. The molecule has 1 fully saturated rings. The van der Waals surface area contributed by atoms with Crippen LogP contribution in [-0.2, 0) is 0 Å². The van der Waals surface area contributed by atoms with Crippen molar-refractivity contribution in [3.8, 4) is 5.75 Å². The Labute approximate surface area is 163 Å². The summed E-state index contributed by atoms with van der Waals surface area (Å²) in [6, 6.07) is 12.9. The summed E-state index contributed by atoms with van der Waals surface area (Å²) in [6.07, 6.45) is 2.48. The van der Waals surface area contributed by atoms with E-state index in [-0.39, 0.29) is 11.0 Å². The van der Waals surface area contributed by atoms with E-state index < -0.39 is 0 Å². The number of amides is 1. The Hall–Kier alpha value is -2.31. The molecule has 0 spiro atoms. The topological polar surface area (TPSA) is 53.6 Å². The van der Waals surface area contributed by atoms with Gasteiger partial charge < -0.3 is 15.0 Å². The molecule has 0 unspecified atom stereocenters. The van der Waals surface area contributed by atoms with Gasteiger partial charge in [0.25, 0.3) is 5.91 Å². The maximum atomic E-state index is 12.4. The minimum Gasteiger partial charge on any atom is -0.496 e. The van der Waals surface area contributed by atoms with E-state index in [1.165, 1.54) is 25.6 Å². The zero-order valence-corrected chi connectivity index (χ0v) is 16.0. The smallest absolute Gasteiger partial charge is 0.261 e. The normalized spacial score (nSPS) is 13.4. The van der Waals surface area contributed by atoms with Gasteiger partial charge in [0.1, 0.15) is 5.75 Å². The third-order valence-electron chi connectivity index (χ3n) is 4.23. The second-order valence-corrected chi connectivity index (χ2v) is 6.84. The zero-order chi connectivity index (χ0) is 18.5. The van der Waals surface area contributed by atoms with Crippen LogP contribution < -0.4 is 20.3 Å². The highest BCUT2D eigenvalue weighted by molar-refractivity contribution is 7.80. The van der Waals surface area contributed by atoms with Crippen molar-refractivity contribution in [2.45, 2.75) is 12.8 Å². The van der Waals surface area contributed by atoms with E-state index in [4.69, 9.17) is 28.6 Å². The summed E-state index contributed by atoms with van der Waals surface area (Å²) in [5, 5.41) is 6.33. The first-order chi connectivity index (χ1) is 12.6. The molecule has 3 rings (SSSR count). The van der Waals surface area contributed by atoms with E-state index in [2.05, 4.69) is 27.7 Å². The minimum absolute atomic E-state index is 0.214. The predicted octanol–water partition coefficient (Wildman–Crippen LogP) is 4.08. The highest BCUT2D eigenvalue weighted by Gasteiger charge is 2.15. The largest absolute Gasteiger partial charge is 0.496 e. The van der Waals surface area contributed by atoms with Crippen LogP contribution in [0.4, 0.5) is 11.4 Å². The second kappa shape index (κ2) is 8.38. The number of ether oxygens (including phenoxy) is 1. The molecule has 2 N–H and O–H groups in total. The lowest BCUT2D eigenvalue weighted by Gasteiger charge is -2.18. The number of thiocarbonyl (C=S) groups is 1. The van der Waals surface area contributed by atoms with Gasteiger partial charge in [-0.25, -0.2) is 0 Å². The molecule has 1 aliphatic rings. The van der Waals surface area contributed by atoms with E-state index in [1.54, 1.807) is 18.2 Å². The van der Waals surface area contributed by atoms with Crippen molar-refractivity contribution < 1.29 is 9.53 Å². The summed E-state index contributed by atoms with van der Waals surface area (Å²) in [4.78, 5) is 14.8. The van der Waals surface area contributed by atoms with E-state index in [9.17, 15) is 4.79 Å². The number of carbonyl (C=O) groups is 1. The first-order valence-electron chi connectivity index (χ1n) is 8.38. The molecule has 0 aromatic heterocycles. The Bertz CT molecular complexity index is 805. The van der Waals surface area contributed by atoms with E-state index in [1.807, 2.05) is 12.1 Å². The van der Waals surface area contributed by atoms with Crippen molar-refractivity contribution in [3.63, 3.8) is 0 Å². The van der Waals surface area contributed by atoms with Crippen LogP contribution >= 0.6 is 23.8 Å². The molecule has 1 heterocycles. The second-order valence-electron chi connectivity index (χ2n) is 5.99. The van der Waals surface area contributed by atoms with Crippen molar-refractivity contribution in [3.05, 3.63) is 53.1 Å². The zero-order valence-electron chi connectivity index (χ0n) is 14.4. The molecule has 136 valence electrons. The summed E-state index contributed by atoms with van der Waals surface area (Å²) < 4.78 is 5.20. The number of benzene rings is 2. The fourth-order valence-corrected chi connectivity index (χ4v) is 3.30. The fraction of sp³-hybridized carbons (Fsp3) is 0.263. The Morgan fingerprint density at radius 1 is 1.15 bits per heavy atom. The van der Waals surface area contributed by atoms with Gasteiger partial charge in [-0.05, 0) is 67.5 Å². The summed E-state index contributed by atoms with van der Waals surface area (Å²) in [5.41, 5.74) is 2.34. The van der Waals surface area contributed by atoms with Crippen molar-refractivity contribution in [2.75, 3.05) is 30.4 Å². The molecule has 0 atom stereocenters. The molecule has 7 heteroatoms. The number of anilines is 2. The molecule has 1 amide bonds. The van der Waals surface area contributed by atoms with Gasteiger partial charge in [-0.3, -0.25) is 10.1 Å². The quantitative estimate of drug-likeness (QED) is 0.772. The molecule has 2 aromatic rings. The van der Waals surface area contributed by atoms with Crippen LogP contribution in [-0.4, -0.2) is 31.2 Å². The van der Waals surface area contributed by atoms with Gasteiger partial charge in [0, 0.05) is 29.5 Å². The highest BCUT2D eigenvalue weighted by atomic mass is 35.5. The predicted molar refractivity (Wildman–Crippen MR) is 110 cm³/mol. The van der Waals surface area contributed by atoms with Crippen LogP contribution in [0.25, 0.3) is 0 Å². The number of hydrogen-bond acceptors (Lipinski definition) is 4. The van der Waals surface area contributed by atoms with E-state index in [0.29, 0.717) is 16.3 Å². The van der Waals surface area contributed by atoms with Gasteiger partial charge in [0.05, 0.1) is 12.7 Å². The van der Waals surface area contributed by atoms with Crippen LogP contribution in [0, 0.1) is 0 Å². The molecule has 0 aliphatic carbocycles. The maximum absolute atomic E-state index is 12.4. The highest BCUT2D eigenvalue weighted by Crippen LogP contribution is 2.23. The number of nitrogens with zero attached hydrogens (tertiary/aromatic N) is 1. The first kappa shape index (κ1) is 18.5. The van der Waals surface area contributed by atoms with Crippen molar-refractivity contribution in [1.82, 2.24) is 5.32 Å². The SMILES string of the molecule is COc1ccc(Cl)cc1C(=O)NC(=S)Nc1ccc(N2CCCC2)cc1. The molecule has 26 heavy (non-hydrogen) atoms. The number of hydrogen-bond donors (Lipinski definition) is 2. The average molecular weight is 390 g/mol. The lowest BCUT2D eigenvalue weighted by Crippen LogP contribution is -2.34. The Morgan fingerprint density at radius 2 is 1.85 bits per heavy atom. The first-order valence-corrected chi connectivity index (χ1v) is 9.16. The standard InChI is InChI=1S/C19H20ClN3O2S/c1-25-17-9-4-13(20)12-16(17)18(24)22-19(26)21-14-5-7-15(8-6-14)23-10-2-3-11-23/h4-9,12H,2-3,10-11H2,1H3,(H2,21,22,24,26). The molecular weight excluding hydrogens is 370 g/mol. The Morgan fingerprint density at radius 3 is 2.50 bits per heavy atom. The van der Waals surface area contributed by atoms with Crippen molar-refractivity contribution in [1.29, 1.82) is 0 Å². The maximum Gasteiger partial charge on any atom is 0.261 e. The molecule has 5 nitrogen and oxygen atoms in total. The van der Waals surface area contributed by atoms with Gasteiger partial charge in [-0.15, -0.1) is 0 Å². The number of rotatable bonds is 4. The van der Waals surface area contributed by atoms with Crippen LogP contribution in [0.5, 0.6) is 5.75 Å². The number of nitrogens with one attached hydrogen (secondary N) is 2. The third-order valence-corrected chi connectivity index (χ3v) is 4.67. The number of carbonyl (C=O) groups excluding carboxylic acids is 1. The van der Waals surface area contributed by atoms with Gasteiger partial charge >= 0.3 is 0 Å². The monoisotopic (exact) mass is 389 g/mol. The van der Waals surface area contributed by atoms with Crippen molar-refractivity contribution in [2.24, 2.45) is 0 Å². The van der Waals surface area contributed by atoms with Crippen LogP contribution in [0.2, 0.25) is 5.02 Å². The summed E-state index contributed by atoms with van der Waals surface area (Å²) >= 11 is 11.2. The van der Waals surface area contributed by atoms with Crippen LogP contribution in [0.3, 0.4) is 0 Å². The lowest BCUT2D eigenvalue weighted by atomic mass is 10.2. The van der Waals surface area contributed by atoms with Gasteiger partial charge in [0.2, 0.25) is 0 Å². The molecule has 0 radical (unpaired) electrons. The molecular formula is C19H20ClN3O2S. The van der Waals surface area contributed by atoms with Gasteiger partial charge in [-0.1, -0.05) is 11.6 Å². The van der Waals surface area contributed by atoms with Crippen molar-refractivity contribution >= 4 is 46.2 Å². The molecule has 1 aliphatic heterocycles. The number of methoxy groups -OCH3 is 1. The van der Waals surface area contributed by atoms with Crippen LogP contribution in [0.15, 0.2) is 42.5 Å². The lowest BCUT2D eigenvalue weighted by molar-refractivity contribution is 0.0975. The number of halogens is 1. The summed E-state index contributed by atoms with van der Waals surface area (Å²) in [6.45, 7) is 2.20. The van der Waals surface area contributed by atoms with Gasteiger partial charge in [0.15, 0.2) is 5.11 Å².